The van der Waals surface area contributed by atoms with Crippen molar-refractivity contribution in [3.63, 3.8) is 0 Å². The maximum Gasteiger partial charge on any atom is 0.230 e. The molecule has 0 radical (unpaired) electrons. The van der Waals surface area contributed by atoms with Gasteiger partial charge in [-0.3, -0.25) is 14.7 Å². The summed E-state index contributed by atoms with van der Waals surface area (Å²) in [7, 11) is 1.55. The van der Waals surface area contributed by atoms with E-state index >= 15 is 0 Å². The number of amides is 1. The summed E-state index contributed by atoms with van der Waals surface area (Å²) in [4.78, 5) is 22.8. The van der Waals surface area contributed by atoms with Gasteiger partial charge in [-0.2, -0.15) is 5.26 Å². The van der Waals surface area contributed by atoms with E-state index < -0.39 is 0 Å². The number of nitrogens with one attached hydrogen (secondary N) is 2. The summed E-state index contributed by atoms with van der Waals surface area (Å²) < 4.78 is 10.8. The van der Waals surface area contributed by atoms with Gasteiger partial charge in [0, 0.05) is 31.2 Å². The molecular weight excluding hydrogens is 432 g/mol. The lowest BCUT2D eigenvalue weighted by molar-refractivity contribution is -0.115. The van der Waals surface area contributed by atoms with Crippen LogP contribution in [-0.4, -0.2) is 73.8 Å². The van der Waals surface area contributed by atoms with Crippen molar-refractivity contribution in [3.8, 4) is 11.8 Å². The number of anilines is 1. The Morgan fingerprint density at radius 1 is 1.28 bits per heavy atom. The van der Waals surface area contributed by atoms with Gasteiger partial charge < -0.3 is 20.1 Å². The summed E-state index contributed by atoms with van der Waals surface area (Å²) in [6, 6.07) is 5.44. The van der Waals surface area contributed by atoms with Crippen LogP contribution in [0, 0.1) is 11.3 Å². The molecule has 0 aliphatic carbocycles. The van der Waals surface area contributed by atoms with Gasteiger partial charge in [0.1, 0.15) is 11.8 Å². The zero-order valence-electron chi connectivity index (χ0n) is 18.1. The van der Waals surface area contributed by atoms with E-state index in [0.29, 0.717) is 22.2 Å². The molecule has 0 saturated carbocycles. The Labute approximate surface area is 192 Å². The molecule has 3 rings (SSSR count). The minimum Gasteiger partial charge on any atom is -0.495 e. The fraction of sp³-hybridized carbons (Fsp3) is 0.455. The number of carbonyl (C=O) groups excluding carboxylic acids is 1. The Balaban J connectivity index is 1.50. The largest absolute Gasteiger partial charge is 0.495 e. The molecule has 0 atom stereocenters. The minimum absolute atomic E-state index is 0.0221. The smallest absolute Gasteiger partial charge is 0.230 e. The van der Waals surface area contributed by atoms with Crippen LogP contribution >= 0.6 is 11.6 Å². The number of methoxy groups -OCH3 is 1. The third kappa shape index (κ3) is 7.14. The Bertz CT molecular complexity index is 942. The van der Waals surface area contributed by atoms with Crippen molar-refractivity contribution in [1.82, 2.24) is 20.2 Å². The van der Waals surface area contributed by atoms with Crippen LogP contribution < -0.4 is 15.4 Å². The van der Waals surface area contributed by atoms with Crippen LogP contribution in [0.4, 0.5) is 5.69 Å². The fourth-order valence-electron chi connectivity index (χ4n) is 3.33. The average Bonchev–Trinajstić information content (AvgIpc) is 2.81. The van der Waals surface area contributed by atoms with E-state index in [1.807, 2.05) is 12.1 Å². The molecule has 1 aromatic heterocycles. The van der Waals surface area contributed by atoms with Crippen molar-refractivity contribution in [2.75, 3.05) is 58.4 Å². The molecule has 1 saturated heterocycles. The molecule has 170 valence electrons. The SMILES string of the molecule is COc1cc(CCNCCN2CCOCC2)c(Cl)cc1NC(=O)Cc1cnc(C#N)cn1. The number of nitrogens with zero attached hydrogens (tertiary/aromatic N) is 4. The Morgan fingerprint density at radius 3 is 2.78 bits per heavy atom. The van der Waals surface area contributed by atoms with Crippen LogP contribution in [-0.2, 0) is 22.4 Å². The van der Waals surface area contributed by atoms with Crippen molar-refractivity contribution in [2.45, 2.75) is 12.8 Å². The molecule has 2 N–H and O–H groups in total. The molecule has 10 heteroatoms. The summed E-state index contributed by atoms with van der Waals surface area (Å²) in [5, 5.41) is 15.6. The van der Waals surface area contributed by atoms with Crippen LogP contribution in [0.25, 0.3) is 0 Å². The molecule has 1 fully saturated rings. The van der Waals surface area contributed by atoms with E-state index in [4.69, 9.17) is 26.3 Å². The van der Waals surface area contributed by atoms with E-state index in [0.717, 1.165) is 57.9 Å². The van der Waals surface area contributed by atoms with Crippen LogP contribution in [0.3, 0.4) is 0 Å². The van der Waals surface area contributed by atoms with Gasteiger partial charge in [-0.25, -0.2) is 4.98 Å². The average molecular weight is 459 g/mol. The number of ether oxygens (including phenoxy) is 2. The van der Waals surface area contributed by atoms with Crippen LogP contribution in [0.2, 0.25) is 5.02 Å². The molecular formula is C22H27ClN6O3. The van der Waals surface area contributed by atoms with E-state index in [9.17, 15) is 4.79 Å². The highest BCUT2D eigenvalue weighted by molar-refractivity contribution is 6.31. The lowest BCUT2D eigenvalue weighted by Crippen LogP contribution is -2.40. The van der Waals surface area contributed by atoms with Crippen LogP contribution in [0.5, 0.6) is 5.75 Å². The van der Waals surface area contributed by atoms with Gasteiger partial charge in [0.05, 0.1) is 50.5 Å². The molecule has 1 amide bonds. The van der Waals surface area contributed by atoms with E-state index in [1.54, 1.807) is 13.2 Å². The summed E-state index contributed by atoms with van der Waals surface area (Å²) in [6.45, 7) is 6.26. The number of benzene rings is 1. The fourth-order valence-corrected chi connectivity index (χ4v) is 3.58. The monoisotopic (exact) mass is 458 g/mol. The first kappa shape index (κ1) is 23.9. The maximum absolute atomic E-state index is 12.4. The van der Waals surface area contributed by atoms with Crippen molar-refractivity contribution in [3.05, 3.63) is 46.5 Å². The van der Waals surface area contributed by atoms with Crippen molar-refractivity contribution in [2.24, 2.45) is 0 Å². The van der Waals surface area contributed by atoms with Gasteiger partial charge in [0.25, 0.3) is 0 Å². The lowest BCUT2D eigenvalue weighted by atomic mass is 10.1. The summed E-state index contributed by atoms with van der Waals surface area (Å²) in [5.41, 5.74) is 2.10. The topological polar surface area (TPSA) is 112 Å². The van der Waals surface area contributed by atoms with Gasteiger partial charge in [-0.15, -0.1) is 0 Å². The second kappa shape index (κ2) is 12.3. The molecule has 1 aliphatic rings. The first-order valence-corrected chi connectivity index (χ1v) is 10.8. The van der Waals surface area contributed by atoms with Crippen molar-refractivity contribution < 1.29 is 14.3 Å². The van der Waals surface area contributed by atoms with Gasteiger partial charge in [-0.1, -0.05) is 11.6 Å². The highest BCUT2D eigenvalue weighted by Crippen LogP contribution is 2.31. The highest BCUT2D eigenvalue weighted by atomic mass is 35.5. The zero-order valence-corrected chi connectivity index (χ0v) is 18.8. The first-order chi connectivity index (χ1) is 15.6. The predicted octanol–water partition coefficient (Wildman–Crippen LogP) is 1.66. The molecule has 9 nitrogen and oxygen atoms in total. The normalized spacial score (nSPS) is 14.0. The maximum atomic E-state index is 12.4. The lowest BCUT2D eigenvalue weighted by Gasteiger charge is -2.26. The summed E-state index contributed by atoms with van der Waals surface area (Å²) >= 11 is 6.46. The zero-order chi connectivity index (χ0) is 22.8. The van der Waals surface area contributed by atoms with Crippen molar-refractivity contribution >= 4 is 23.2 Å². The molecule has 0 spiro atoms. The second-order valence-corrected chi connectivity index (χ2v) is 7.73. The van der Waals surface area contributed by atoms with E-state index in [2.05, 4.69) is 25.5 Å². The Hall–Kier alpha value is -2.77. The molecule has 1 aliphatic heterocycles. The van der Waals surface area contributed by atoms with Gasteiger partial charge in [0.2, 0.25) is 5.91 Å². The number of hydrogen-bond donors (Lipinski definition) is 2. The first-order valence-electron chi connectivity index (χ1n) is 10.5. The number of rotatable bonds is 10. The molecule has 2 aromatic rings. The molecule has 0 unspecified atom stereocenters. The Kier molecular flexibility index (Phi) is 9.19. The van der Waals surface area contributed by atoms with E-state index in [-0.39, 0.29) is 18.0 Å². The minimum atomic E-state index is -0.282. The third-order valence-corrected chi connectivity index (χ3v) is 5.44. The standard InChI is InChI=1S/C22H27ClN6O3/c1-31-21-10-16(2-3-25-4-5-29-6-8-32-9-7-29)19(23)12-20(21)28-22(30)11-17-14-27-18(13-24)15-26-17/h10,12,14-15,25H,2-9,11H2,1H3,(H,28,30). The highest BCUT2D eigenvalue weighted by Gasteiger charge is 2.14. The summed E-state index contributed by atoms with van der Waals surface area (Å²) in [6.07, 6.45) is 3.52. The van der Waals surface area contributed by atoms with E-state index in [1.165, 1.54) is 12.4 Å². The molecule has 1 aromatic carbocycles. The number of nitriles is 1. The Morgan fingerprint density at radius 2 is 2.09 bits per heavy atom. The molecule has 0 bridgehead atoms. The summed E-state index contributed by atoms with van der Waals surface area (Å²) in [5.74, 6) is 0.257. The van der Waals surface area contributed by atoms with Crippen LogP contribution in [0.15, 0.2) is 24.5 Å². The van der Waals surface area contributed by atoms with Crippen LogP contribution in [0.1, 0.15) is 17.0 Å². The predicted molar refractivity (Wildman–Crippen MR) is 121 cm³/mol. The second-order valence-electron chi connectivity index (χ2n) is 7.33. The number of carbonyl (C=O) groups is 1. The number of morpholine rings is 1. The number of aromatic nitrogens is 2. The van der Waals surface area contributed by atoms with Gasteiger partial charge >= 0.3 is 0 Å². The number of hydrogen-bond acceptors (Lipinski definition) is 8. The molecule has 2 heterocycles. The van der Waals surface area contributed by atoms with Gasteiger partial charge in [-0.05, 0) is 30.7 Å². The quantitative estimate of drug-likeness (QED) is 0.517. The molecule has 32 heavy (non-hydrogen) atoms. The van der Waals surface area contributed by atoms with Crippen molar-refractivity contribution in [1.29, 1.82) is 5.26 Å². The number of halogens is 1. The third-order valence-electron chi connectivity index (χ3n) is 5.08. The van der Waals surface area contributed by atoms with Gasteiger partial charge in [0.15, 0.2) is 5.69 Å².